The molecule has 0 fully saturated rings. The van der Waals surface area contributed by atoms with Crippen molar-refractivity contribution in [2.75, 3.05) is 13.2 Å². The van der Waals surface area contributed by atoms with E-state index in [0.717, 1.165) is 18.7 Å². The van der Waals surface area contributed by atoms with Gasteiger partial charge in [0.1, 0.15) is 5.82 Å². The van der Waals surface area contributed by atoms with Crippen molar-refractivity contribution in [3.8, 4) is 0 Å². The van der Waals surface area contributed by atoms with Crippen LogP contribution in [-0.2, 0) is 17.9 Å². The summed E-state index contributed by atoms with van der Waals surface area (Å²) in [6.07, 6.45) is 0. The maximum Gasteiger partial charge on any atom is 0.128 e. The average Bonchev–Trinajstić information content (AvgIpc) is 2.29. The Bertz CT molecular complexity index is 339. The highest BCUT2D eigenvalue weighted by atomic mass is 19.1. The molecule has 0 saturated heterocycles. The molecule has 3 heteroatoms. The Morgan fingerprint density at radius 3 is 2.76 bits per heavy atom. The molecule has 17 heavy (non-hydrogen) atoms. The van der Waals surface area contributed by atoms with Gasteiger partial charge < -0.3 is 10.1 Å². The third-order valence-electron chi connectivity index (χ3n) is 2.45. The van der Waals surface area contributed by atoms with Crippen LogP contribution in [0.15, 0.2) is 18.2 Å². The molecule has 0 heterocycles. The Kier molecular flexibility index (Phi) is 6.16. The Labute approximate surface area is 103 Å². The summed E-state index contributed by atoms with van der Waals surface area (Å²) in [5.74, 6) is 0.435. The van der Waals surface area contributed by atoms with E-state index in [-0.39, 0.29) is 5.82 Å². The van der Waals surface area contributed by atoms with Gasteiger partial charge in [0, 0.05) is 18.7 Å². The summed E-state index contributed by atoms with van der Waals surface area (Å²) in [4.78, 5) is 0. The van der Waals surface area contributed by atoms with Crippen LogP contribution < -0.4 is 5.32 Å². The summed E-state index contributed by atoms with van der Waals surface area (Å²) in [6, 6.07) is 5.21. The molecule has 1 aromatic rings. The van der Waals surface area contributed by atoms with Crippen LogP contribution in [0, 0.1) is 11.7 Å². The smallest absolute Gasteiger partial charge is 0.128 e. The second-order valence-corrected chi connectivity index (χ2v) is 4.59. The fraction of sp³-hybridized carbons (Fsp3) is 0.571. The lowest BCUT2D eigenvalue weighted by atomic mass is 10.1. The van der Waals surface area contributed by atoms with Crippen molar-refractivity contribution in [1.82, 2.24) is 5.32 Å². The maximum atomic E-state index is 13.4. The first-order valence-corrected chi connectivity index (χ1v) is 6.19. The first-order chi connectivity index (χ1) is 8.13. The number of hydrogen-bond acceptors (Lipinski definition) is 2. The molecule has 1 N–H and O–H groups in total. The van der Waals surface area contributed by atoms with Gasteiger partial charge in [-0.1, -0.05) is 19.9 Å². The van der Waals surface area contributed by atoms with Crippen LogP contribution in [0.5, 0.6) is 0 Å². The monoisotopic (exact) mass is 239 g/mol. The topological polar surface area (TPSA) is 21.3 Å². The second kappa shape index (κ2) is 7.41. The predicted octanol–water partition coefficient (Wildman–Crippen LogP) is 3.11. The summed E-state index contributed by atoms with van der Waals surface area (Å²) in [7, 11) is 0. The van der Waals surface area contributed by atoms with Crippen LogP contribution in [-0.4, -0.2) is 13.2 Å². The van der Waals surface area contributed by atoms with Gasteiger partial charge in [-0.25, -0.2) is 4.39 Å². The van der Waals surface area contributed by atoms with E-state index < -0.39 is 0 Å². The molecule has 1 rings (SSSR count). The van der Waals surface area contributed by atoms with Crippen molar-refractivity contribution >= 4 is 0 Å². The number of hydrogen-bond donors (Lipinski definition) is 1. The number of rotatable bonds is 7. The second-order valence-electron chi connectivity index (χ2n) is 4.59. The van der Waals surface area contributed by atoms with E-state index in [1.165, 1.54) is 6.07 Å². The minimum Gasteiger partial charge on any atom is -0.377 e. The first kappa shape index (κ1) is 14.1. The molecule has 0 radical (unpaired) electrons. The fourth-order valence-corrected chi connectivity index (χ4v) is 1.57. The Hall–Kier alpha value is -0.930. The van der Waals surface area contributed by atoms with Crippen LogP contribution in [0.1, 0.15) is 31.9 Å². The fourth-order valence-electron chi connectivity index (χ4n) is 1.57. The molecule has 96 valence electrons. The molecule has 0 atom stereocenters. The molecular weight excluding hydrogens is 217 g/mol. The summed E-state index contributed by atoms with van der Waals surface area (Å²) in [6.45, 7) is 8.94. The standard InChI is InChI=1S/C14H22FNO/c1-4-17-10-13-7-12(5-6-14(13)15)9-16-8-11(2)3/h5-7,11,16H,4,8-10H2,1-3H3. The van der Waals surface area contributed by atoms with Gasteiger partial charge in [0.25, 0.3) is 0 Å². The van der Waals surface area contributed by atoms with Gasteiger partial charge in [-0.2, -0.15) is 0 Å². The molecule has 0 bridgehead atoms. The van der Waals surface area contributed by atoms with Crippen LogP contribution in [0.2, 0.25) is 0 Å². The maximum absolute atomic E-state index is 13.4. The lowest BCUT2D eigenvalue weighted by molar-refractivity contribution is 0.131. The number of nitrogens with one attached hydrogen (secondary N) is 1. The van der Waals surface area contributed by atoms with Crippen molar-refractivity contribution in [1.29, 1.82) is 0 Å². The van der Waals surface area contributed by atoms with Crippen molar-refractivity contribution in [3.05, 3.63) is 35.1 Å². The van der Waals surface area contributed by atoms with Gasteiger partial charge in [0.05, 0.1) is 6.61 Å². The SMILES string of the molecule is CCOCc1cc(CNCC(C)C)ccc1F. The van der Waals surface area contributed by atoms with E-state index in [2.05, 4.69) is 19.2 Å². The molecule has 0 aliphatic rings. The Balaban J connectivity index is 2.55. The molecule has 0 amide bonds. The van der Waals surface area contributed by atoms with E-state index in [0.29, 0.717) is 24.7 Å². The quantitative estimate of drug-likeness (QED) is 0.789. The summed E-state index contributed by atoms with van der Waals surface area (Å²) in [5, 5.41) is 3.34. The van der Waals surface area contributed by atoms with Crippen LogP contribution in [0.25, 0.3) is 0 Å². The van der Waals surface area contributed by atoms with E-state index in [1.54, 1.807) is 0 Å². The zero-order valence-corrected chi connectivity index (χ0v) is 10.9. The van der Waals surface area contributed by atoms with Gasteiger partial charge in [-0.15, -0.1) is 0 Å². The van der Waals surface area contributed by atoms with Gasteiger partial charge in [0.15, 0.2) is 0 Å². The molecule has 0 aliphatic heterocycles. The highest BCUT2D eigenvalue weighted by Gasteiger charge is 2.04. The Morgan fingerprint density at radius 2 is 2.12 bits per heavy atom. The predicted molar refractivity (Wildman–Crippen MR) is 68.3 cm³/mol. The lowest BCUT2D eigenvalue weighted by Gasteiger charge is -2.09. The van der Waals surface area contributed by atoms with Gasteiger partial charge in [-0.3, -0.25) is 0 Å². The van der Waals surface area contributed by atoms with Gasteiger partial charge in [-0.05, 0) is 37.1 Å². The number of halogens is 1. The molecule has 2 nitrogen and oxygen atoms in total. The summed E-state index contributed by atoms with van der Waals surface area (Å²) in [5.41, 5.74) is 1.73. The van der Waals surface area contributed by atoms with E-state index in [9.17, 15) is 4.39 Å². The lowest BCUT2D eigenvalue weighted by Crippen LogP contribution is -2.19. The largest absolute Gasteiger partial charge is 0.377 e. The molecular formula is C14H22FNO. The van der Waals surface area contributed by atoms with Crippen molar-refractivity contribution in [3.63, 3.8) is 0 Å². The minimum absolute atomic E-state index is 0.189. The molecule has 0 aromatic heterocycles. The average molecular weight is 239 g/mol. The first-order valence-electron chi connectivity index (χ1n) is 6.19. The molecule has 1 aromatic carbocycles. The number of ether oxygens (including phenoxy) is 1. The molecule has 0 saturated carbocycles. The third-order valence-corrected chi connectivity index (χ3v) is 2.45. The summed E-state index contributed by atoms with van der Waals surface area (Å²) >= 11 is 0. The highest BCUT2D eigenvalue weighted by molar-refractivity contribution is 5.24. The summed E-state index contributed by atoms with van der Waals surface area (Å²) < 4.78 is 18.7. The van der Waals surface area contributed by atoms with Gasteiger partial charge in [0.2, 0.25) is 0 Å². The van der Waals surface area contributed by atoms with Crippen molar-refractivity contribution in [2.45, 2.75) is 33.9 Å². The molecule has 0 unspecified atom stereocenters. The zero-order chi connectivity index (χ0) is 12.7. The normalized spacial score (nSPS) is 11.1. The van der Waals surface area contributed by atoms with Crippen LogP contribution >= 0.6 is 0 Å². The molecule has 0 spiro atoms. The van der Waals surface area contributed by atoms with E-state index >= 15 is 0 Å². The third kappa shape index (κ3) is 5.29. The minimum atomic E-state index is -0.189. The molecule has 0 aliphatic carbocycles. The Morgan fingerprint density at radius 1 is 1.35 bits per heavy atom. The highest BCUT2D eigenvalue weighted by Crippen LogP contribution is 2.12. The van der Waals surface area contributed by atoms with E-state index in [1.807, 2.05) is 19.1 Å². The number of benzene rings is 1. The van der Waals surface area contributed by atoms with E-state index in [4.69, 9.17) is 4.74 Å². The van der Waals surface area contributed by atoms with Crippen LogP contribution in [0.3, 0.4) is 0 Å². The van der Waals surface area contributed by atoms with Gasteiger partial charge >= 0.3 is 0 Å². The van der Waals surface area contributed by atoms with Crippen molar-refractivity contribution < 1.29 is 9.13 Å². The zero-order valence-electron chi connectivity index (χ0n) is 10.9. The van der Waals surface area contributed by atoms with Crippen LogP contribution in [0.4, 0.5) is 4.39 Å². The van der Waals surface area contributed by atoms with Crippen molar-refractivity contribution in [2.24, 2.45) is 5.92 Å².